The molecule has 0 aliphatic heterocycles. The van der Waals surface area contributed by atoms with Crippen molar-refractivity contribution in [1.29, 1.82) is 0 Å². The monoisotopic (exact) mass is 399 g/mol. The zero-order valence-electron chi connectivity index (χ0n) is 17.1. The van der Waals surface area contributed by atoms with Crippen molar-refractivity contribution >= 4 is 10.0 Å². The number of aliphatic hydroxyl groups is 2. The topological polar surface area (TPSA) is 86.6 Å². The van der Waals surface area contributed by atoms with Crippen molar-refractivity contribution in [3.05, 3.63) is 12.2 Å². The quantitative estimate of drug-likeness (QED) is 0.621. The number of rotatable bonds is 5. The van der Waals surface area contributed by atoms with Crippen molar-refractivity contribution in [2.45, 2.75) is 64.9 Å². The molecule has 0 radical (unpaired) electrons. The average Bonchev–Trinajstić information content (AvgIpc) is 2.89. The standard InChI is InChI=1S/C21H37NO4S/c1-14-5-6-18-17(12-22-27(4,25)26)19(8-10-20(14,18)2)21(3)9-7-16(24)11-15(21)13-23/h15-19,22-24H,1,5-13H2,2-4H3/t15-,16+,17+,18?,19?,20-,21+/m1/s1. The molecule has 3 rings (SSSR count). The fourth-order valence-corrected chi connectivity index (χ4v) is 7.21. The van der Waals surface area contributed by atoms with Gasteiger partial charge in [0, 0.05) is 13.2 Å². The van der Waals surface area contributed by atoms with E-state index in [0.29, 0.717) is 24.8 Å². The lowest BCUT2D eigenvalue weighted by Gasteiger charge is -2.56. The third-order valence-electron chi connectivity index (χ3n) is 8.55. The van der Waals surface area contributed by atoms with Crippen molar-refractivity contribution in [2.75, 3.05) is 19.4 Å². The highest BCUT2D eigenvalue weighted by Crippen LogP contribution is 2.63. The van der Waals surface area contributed by atoms with Crippen LogP contribution in [0, 0.1) is 34.5 Å². The second kappa shape index (κ2) is 7.43. The van der Waals surface area contributed by atoms with Gasteiger partial charge in [-0.25, -0.2) is 13.1 Å². The minimum Gasteiger partial charge on any atom is -0.396 e. The van der Waals surface area contributed by atoms with Crippen molar-refractivity contribution < 1.29 is 18.6 Å². The van der Waals surface area contributed by atoms with E-state index < -0.39 is 10.0 Å². The maximum absolute atomic E-state index is 11.8. The van der Waals surface area contributed by atoms with Gasteiger partial charge in [-0.3, -0.25) is 0 Å². The molecular weight excluding hydrogens is 362 g/mol. The van der Waals surface area contributed by atoms with Gasteiger partial charge >= 0.3 is 0 Å². The van der Waals surface area contributed by atoms with Crippen LogP contribution in [-0.4, -0.2) is 44.1 Å². The molecular formula is C21H37NO4S. The highest BCUT2D eigenvalue weighted by Gasteiger charge is 2.56. The lowest BCUT2D eigenvalue weighted by molar-refractivity contribution is -0.0923. The zero-order valence-corrected chi connectivity index (χ0v) is 17.9. The molecule has 3 aliphatic carbocycles. The number of aliphatic hydroxyl groups excluding tert-OH is 2. The summed E-state index contributed by atoms with van der Waals surface area (Å²) >= 11 is 0. The van der Waals surface area contributed by atoms with Gasteiger partial charge in [-0.15, -0.1) is 0 Å². The second-order valence-electron chi connectivity index (χ2n) is 9.91. The van der Waals surface area contributed by atoms with Gasteiger partial charge in [0.25, 0.3) is 0 Å². The van der Waals surface area contributed by atoms with Crippen LogP contribution in [0.3, 0.4) is 0 Å². The van der Waals surface area contributed by atoms with Crippen molar-refractivity contribution in [3.63, 3.8) is 0 Å². The molecule has 3 aliphatic rings. The Hall–Kier alpha value is -0.430. The number of nitrogens with one attached hydrogen (secondary N) is 1. The number of sulfonamides is 1. The Bertz CT molecular complexity index is 678. The van der Waals surface area contributed by atoms with Crippen molar-refractivity contribution in [1.82, 2.24) is 4.72 Å². The van der Waals surface area contributed by atoms with Gasteiger partial charge in [0.05, 0.1) is 12.4 Å². The molecule has 0 saturated heterocycles. The first-order valence-corrected chi connectivity index (χ1v) is 12.3. The Balaban J connectivity index is 1.93. The Morgan fingerprint density at radius 1 is 1.19 bits per heavy atom. The summed E-state index contributed by atoms with van der Waals surface area (Å²) in [6, 6.07) is 0. The lowest BCUT2D eigenvalue weighted by atomic mass is 9.49. The van der Waals surface area contributed by atoms with E-state index in [4.69, 9.17) is 0 Å². The molecule has 0 aromatic heterocycles. The summed E-state index contributed by atoms with van der Waals surface area (Å²) in [4.78, 5) is 0. The number of hydrogen-bond donors (Lipinski definition) is 3. The summed E-state index contributed by atoms with van der Waals surface area (Å²) in [6.07, 6.45) is 7.43. The smallest absolute Gasteiger partial charge is 0.208 e. The van der Waals surface area contributed by atoms with Gasteiger partial charge < -0.3 is 10.2 Å². The van der Waals surface area contributed by atoms with E-state index in [9.17, 15) is 18.6 Å². The van der Waals surface area contributed by atoms with Crippen LogP contribution in [0.2, 0.25) is 0 Å². The summed E-state index contributed by atoms with van der Waals surface area (Å²) in [5.74, 6) is 1.09. The normalized spacial score (nSPS) is 45.7. The van der Waals surface area contributed by atoms with Gasteiger partial charge in [0.1, 0.15) is 0 Å². The van der Waals surface area contributed by atoms with E-state index in [1.807, 2.05) is 0 Å². The molecule has 7 atom stereocenters. The van der Waals surface area contributed by atoms with Gasteiger partial charge in [0.15, 0.2) is 0 Å². The molecule has 0 amide bonds. The van der Waals surface area contributed by atoms with Gasteiger partial charge in [-0.2, -0.15) is 0 Å². The van der Waals surface area contributed by atoms with Gasteiger partial charge in [-0.1, -0.05) is 26.0 Å². The third-order valence-corrected chi connectivity index (χ3v) is 9.24. The van der Waals surface area contributed by atoms with E-state index in [-0.39, 0.29) is 35.4 Å². The summed E-state index contributed by atoms with van der Waals surface area (Å²) in [5, 5.41) is 20.2. The molecule has 3 fully saturated rings. The minimum absolute atomic E-state index is 0.0664. The van der Waals surface area contributed by atoms with Gasteiger partial charge in [-0.05, 0) is 79.4 Å². The van der Waals surface area contributed by atoms with E-state index in [2.05, 4.69) is 25.1 Å². The average molecular weight is 400 g/mol. The molecule has 3 N–H and O–H groups in total. The molecule has 156 valence electrons. The third kappa shape index (κ3) is 3.87. The van der Waals surface area contributed by atoms with Crippen molar-refractivity contribution in [2.24, 2.45) is 34.5 Å². The molecule has 0 aromatic rings. The number of allylic oxidation sites excluding steroid dienone is 1. The second-order valence-corrected chi connectivity index (χ2v) is 11.7. The van der Waals surface area contributed by atoms with Crippen LogP contribution in [-0.2, 0) is 10.0 Å². The van der Waals surface area contributed by atoms with Crippen LogP contribution in [0.25, 0.3) is 0 Å². The molecule has 0 heterocycles. The Labute approximate surface area is 164 Å². The van der Waals surface area contributed by atoms with Crippen molar-refractivity contribution in [3.8, 4) is 0 Å². The van der Waals surface area contributed by atoms with Crippen LogP contribution in [0.5, 0.6) is 0 Å². The summed E-state index contributed by atoms with van der Waals surface area (Å²) in [5.41, 5.74) is 1.35. The molecule has 0 aromatic carbocycles. The molecule has 6 heteroatoms. The molecule has 0 spiro atoms. The first kappa shape index (κ1) is 21.3. The molecule has 5 nitrogen and oxygen atoms in total. The lowest BCUT2D eigenvalue weighted by Crippen LogP contribution is -2.53. The van der Waals surface area contributed by atoms with Crippen LogP contribution >= 0.6 is 0 Å². The maximum Gasteiger partial charge on any atom is 0.208 e. The zero-order chi connectivity index (χ0) is 20.0. The molecule has 0 bridgehead atoms. The summed E-state index contributed by atoms with van der Waals surface area (Å²) < 4.78 is 26.5. The SMILES string of the molecule is C=C1CCC2[C@H](CNS(C)(=O)=O)C([C@@]3(C)CC[C@H](O)C[C@@H]3CO)CC[C@]12C. The van der Waals surface area contributed by atoms with E-state index in [1.165, 1.54) is 11.8 Å². The van der Waals surface area contributed by atoms with E-state index >= 15 is 0 Å². The number of hydrogen-bond acceptors (Lipinski definition) is 4. The fraction of sp³-hybridized carbons (Fsp3) is 0.905. The largest absolute Gasteiger partial charge is 0.396 e. The Kier molecular flexibility index (Phi) is 5.86. The number of fused-ring (bicyclic) bond motifs is 1. The van der Waals surface area contributed by atoms with Crippen LogP contribution in [0.1, 0.15) is 58.8 Å². The first-order valence-electron chi connectivity index (χ1n) is 10.4. The van der Waals surface area contributed by atoms with Gasteiger partial charge in [0.2, 0.25) is 10.0 Å². The summed E-state index contributed by atoms with van der Waals surface area (Å²) in [6.45, 7) is 9.47. The predicted octanol–water partition coefficient (Wildman–Crippen LogP) is 2.69. The van der Waals surface area contributed by atoms with Crippen LogP contribution < -0.4 is 4.72 Å². The summed E-state index contributed by atoms with van der Waals surface area (Å²) in [7, 11) is -3.25. The van der Waals surface area contributed by atoms with Crippen LogP contribution in [0.15, 0.2) is 12.2 Å². The van der Waals surface area contributed by atoms with Crippen LogP contribution in [0.4, 0.5) is 0 Å². The predicted molar refractivity (Wildman–Crippen MR) is 108 cm³/mol. The minimum atomic E-state index is -3.25. The molecule has 27 heavy (non-hydrogen) atoms. The Morgan fingerprint density at radius 3 is 2.52 bits per heavy atom. The highest BCUT2D eigenvalue weighted by atomic mass is 32.2. The Morgan fingerprint density at radius 2 is 1.89 bits per heavy atom. The molecule has 3 saturated carbocycles. The first-order chi connectivity index (χ1) is 12.5. The maximum atomic E-state index is 11.8. The fourth-order valence-electron chi connectivity index (χ4n) is 6.71. The van der Waals surface area contributed by atoms with E-state index in [1.54, 1.807) is 0 Å². The highest BCUT2D eigenvalue weighted by molar-refractivity contribution is 7.88. The molecule has 2 unspecified atom stereocenters. The van der Waals surface area contributed by atoms with E-state index in [0.717, 1.165) is 38.5 Å².